The van der Waals surface area contributed by atoms with E-state index in [1.165, 1.54) is 0 Å². The molecule has 1 N–H and O–H groups in total. The van der Waals surface area contributed by atoms with E-state index in [1.807, 2.05) is 36.4 Å². The zero-order chi connectivity index (χ0) is 13.5. The number of carbonyl (C=O) groups excluding carboxylic acids is 1. The third kappa shape index (κ3) is 2.33. The van der Waals surface area contributed by atoms with Crippen LogP contribution in [0.25, 0.3) is 10.8 Å². The first-order valence-corrected chi connectivity index (χ1v) is 7.86. The van der Waals surface area contributed by atoms with Crippen LogP contribution in [0.3, 0.4) is 0 Å². The summed E-state index contributed by atoms with van der Waals surface area (Å²) in [6.45, 7) is 0. The maximum Gasteiger partial charge on any atom is 0.252 e. The summed E-state index contributed by atoms with van der Waals surface area (Å²) < 4.78 is 22.2. The molecule has 2 aromatic carbocycles. The summed E-state index contributed by atoms with van der Waals surface area (Å²) >= 11 is 0. The Labute approximate surface area is 111 Å². The number of sulfone groups is 1. The molecule has 2 aromatic rings. The highest BCUT2D eigenvalue weighted by Crippen LogP contribution is 2.19. The molecule has 4 nitrogen and oxygen atoms in total. The molecule has 1 aliphatic rings. The lowest BCUT2D eigenvalue weighted by molar-refractivity contribution is 0.0943. The van der Waals surface area contributed by atoms with Crippen molar-refractivity contribution in [2.45, 2.75) is 6.04 Å². The molecular formula is C14H13NO3S. The number of fused-ring (bicyclic) bond motifs is 1. The van der Waals surface area contributed by atoms with Crippen molar-refractivity contribution in [1.82, 2.24) is 5.32 Å². The van der Waals surface area contributed by atoms with E-state index in [9.17, 15) is 13.2 Å². The maximum absolute atomic E-state index is 12.2. The van der Waals surface area contributed by atoms with Gasteiger partial charge in [-0.25, -0.2) is 8.42 Å². The van der Waals surface area contributed by atoms with Crippen LogP contribution in [0.2, 0.25) is 0 Å². The Kier molecular flexibility index (Phi) is 2.78. The van der Waals surface area contributed by atoms with Gasteiger partial charge in [-0.2, -0.15) is 0 Å². The molecule has 0 atom stereocenters. The second-order valence-corrected chi connectivity index (χ2v) is 6.93. The quantitative estimate of drug-likeness (QED) is 0.900. The van der Waals surface area contributed by atoms with E-state index in [0.29, 0.717) is 5.56 Å². The highest BCUT2D eigenvalue weighted by Gasteiger charge is 2.34. The topological polar surface area (TPSA) is 63.2 Å². The van der Waals surface area contributed by atoms with Crippen molar-refractivity contribution in [2.75, 3.05) is 11.5 Å². The average Bonchev–Trinajstić information content (AvgIpc) is 2.36. The number of hydrogen-bond acceptors (Lipinski definition) is 3. The summed E-state index contributed by atoms with van der Waals surface area (Å²) in [6.07, 6.45) is 0. The second kappa shape index (κ2) is 4.35. The van der Waals surface area contributed by atoms with Gasteiger partial charge in [-0.1, -0.05) is 36.4 Å². The van der Waals surface area contributed by atoms with Gasteiger partial charge < -0.3 is 5.32 Å². The molecule has 5 heteroatoms. The molecule has 1 aliphatic heterocycles. The Balaban J connectivity index is 1.86. The van der Waals surface area contributed by atoms with E-state index in [0.717, 1.165) is 10.8 Å². The zero-order valence-electron chi connectivity index (χ0n) is 10.2. The first-order valence-electron chi connectivity index (χ1n) is 6.04. The maximum atomic E-state index is 12.2. The summed E-state index contributed by atoms with van der Waals surface area (Å²) in [5.41, 5.74) is 0.586. The fourth-order valence-corrected chi connectivity index (χ4v) is 3.63. The highest BCUT2D eigenvalue weighted by molar-refractivity contribution is 7.92. The Morgan fingerprint density at radius 2 is 1.74 bits per heavy atom. The van der Waals surface area contributed by atoms with Gasteiger partial charge in [0.15, 0.2) is 9.84 Å². The Hall–Kier alpha value is -1.88. The molecule has 0 aromatic heterocycles. The molecule has 1 fully saturated rings. The lowest BCUT2D eigenvalue weighted by Gasteiger charge is -2.26. The number of nitrogens with one attached hydrogen (secondary N) is 1. The highest BCUT2D eigenvalue weighted by atomic mass is 32.2. The molecule has 19 heavy (non-hydrogen) atoms. The number of benzene rings is 2. The zero-order valence-corrected chi connectivity index (χ0v) is 11.0. The molecule has 1 saturated heterocycles. The summed E-state index contributed by atoms with van der Waals surface area (Å²) in [5, 5.41) is 4.64. The van der Waals surface area contributed by atoms with Crippen molar-refractivity contribution in [1.29, 1.82) is 0 Å². The predicted molar refractivity (Wildman–Crippen MR) is 73.9 cm³/mol. The van der Waals surface area contributed by atoms with Gasteiger partial charge in [0.2, 0.25) is 0 Å². The minimum absolute atomic E-state index is 0.0451. The number of amides is 1. The fraction of sp³-hybridized carbons (Fsp3) is 0.214. The lowest BCUT2D eigenvalue weighted by atomic mass is 10.0. The summed E-state index contributed by atoms with van der Waals surface area (Å²) in [7, 11) is -2.92. The van der Waals surface area contributed by atoms with Gasteiger partial charge in [-0.3, -0.25) is 4.79 Å². The summed E-state index contributed by atoms with van der Waals surface area (Å²) in [5.74, 6) is -0.121. The first kappa shape index (κ1) is 12.2. The Bertz CT molecular complexity index is 735. The van der Waals surface area contributed by atoms with Crippen molar-refractivity contribution >= 4 is 26.5 Å². The van der Waals surface area contributed by atoms with Gasteiger partial charge in [-0.15, -0.1) is 0 Å². The van der Waals surface area contributed by atoms with Gasteiger partial charge >= 0.3 is 0 Å². The van der Waals surface area contributed by atoms with Crippen LogP contribution in [0.5, 0.6) is 0 Å². The van der Waals surface area contributed by atoms with E-state index in [4.69, 9.17) is 0 Å². The molecule has 0 unspecified atom stereocenters. The molecule has 98 valence electrons. The van der Waals surface area contributed by atoms with E-state index in [1.54, 1.807) is 6.07 Å². The van der Waals surface area contributed by atoms with E-state index in [-0.39, 0.29) is 23.5 Å². The molecule has 0 radical (unpaired) electrons. The largest absolute Gasteiger partial charge is 0.347 e. The predicted octanol–water partition coefficient (Wildman–Crippen LogP) is 1.37. The van der Waals surface area contributed by atoms with Crippen molar-refractivity contribution in [3.05, 3.63) is 48.0 Å². The second-order valence-electron chi connectivity index (χ2n) is 4.77. The van der Waals surface area contributed by atoms with Crippen LogP contribution >= 0.6 is 0 Å². The third-order valence-corrected chi connectivity index (χ3v) is 5.10. The average molecular weight is 275 g/mol. The van der Waals surface area contributed by atoms with Crippen LogP contribution in [0.4, 0.5) is 0 Å². The minimum Gasteiger partial charge on any atom is -0.347 e. The lowest BCUT2D eigenvalue weighted by Crippen LogP contribution is -2.52. The SMILES string of the molecule is O=C(NC1CS(=O)(=O)C1)c1cccc2ccccc12. The van der Waals surface area contributed by atoms with Crippen LogP contribution in [-0.2, 0) is 9.84 Å². The molecule has 0 aliphatic carbocycles. The molecule has 3 rings (SSSR count). The minimum atomic E-state index is -2.92. The van der Waals surface area contributed by atoms with Gasteiger partial charge in [0, 0.05) is 5.56 Å². The Morgan fingerprint density at radius 3 is 2.47 bits per heavy atom. The summed E-state index contributed by atoms with van der Waals surface area (Å²) in [6, 6.07) is 12.9. The third-order valence-electron chi connectivity index (χ3n) is 3.28. The molecule has 0 bridgehead atoms. The molecule has 0 spiro atoms. The standard InChI is InChI=1S/C14H13NO3S/c16-14(15-11-8-19(17,18)9-11)13-7-3-5-10-4-1-2-6-12(10)13/h1-7,11H,8-9H2,(H,15,16). The monoisotopic (exact) mass is 275 g/mol. The van der Waals surface area contributed by atoms with Crippen molar-refractivity contribution in [3.63, 3.8) is 0 Å². The molecule has 0 saturated carbocycles. The first-order chi connectivity index (χ1) is 9.05. The van der Waals surface area contributed by atoms with Crippen molar-refractivity contribution in [3.8, 4) is 0 Å². The van der Waals surface area contributed by atoms with E-state index >= 15 is 0 Å². The van der Waals surface area contributed by atoms with Gasteiger partial charge in [-0.05, 0) is 16.8 Å². The molecule has 1 amide bonds. The number of rotatable bonds is 2. The van der Waals surface area contributed by atoms with Crippen molar-refractivity contribution in [2.24, 2.45) is 0 Å². The van der Waals surface area contributed by atoms with Crippen LogP contribution < -0.4 is 5.32 Å². The number of carbonyl (C=O) groups is 1. The van der Waals surface area contributed by atoms with Crippen molar-refractivity contribution < 1.29 is 13.2 Å². The van der Waals surface area contributed by atoms with Crippen LogP contribution in [0.15, 0.2) is 42.5 Å². The smallest absolute Gasteiger partial charge is 0.252 e. The molecule has 1 heterocycles. The van der Waals surface area contributed by atoms with E-state index in [2.05, 4.69) is 5.32 Å². The van der Waals surface area contributed by atoms with Crippen LogP contribution in [-0.4, -0.2) is 31.9 Å². The Morgan fingerprint density at radius 1 is 1.05 bits per heavy atom. The van der Waals surface area contributed by atoms with E-state index < -0.39 is 9.84 Å². The van der Waals surface area contributed by atoms with Gasteiger partial charge in [0.05, 0.1) is 17.5 Å². The fourth-order valence-electron chi connectivity index (χ4n) is 2.33. The van der Waals surface area contributed by atoms with Crippen LogP contribution in [0, 0.1) is 0 Å². The van der Waals surface area contributed by atoms with Gasteiger partial charge in [0.25, 0.3) is 5.91 Å². The normalized spacial score (nSPS) is 17.9. The summed E-state index contributed by atoms with van der Waals surface area (Å²) in [4.78, 5) is 12.2. The van der Waals surface area contributed by atoms with Crippen LogP contribution in [0.1, 0.15) is 10.4 Å². The molecular weight excluding hydrogens is 262 g/mol. The van der Waals surface area contributed by atoms with Gasteiger partial charge in [0.1, 0.15) is 0 Å². The number of hydrogen-bond donors (Lipinski definition) is 1.